The van der Waals surface area contributed by atoms with Crippen molar-refractivity contribution in [1.29, 1.82) is 0 Å². The van der Waals surface area contributed by atoms with Gasteiger partial charge in [-0.05, 0) is 53.4 Å². The van der Waals surface area contributed by atoms with Crippen LogP contribution in [-0.2, 0) is 6.42 Å². The highest BCUT2D eigenvalue weighted by Crippen LogP contribution is 2.25. The van der Waals surface area contributed by atoms with E-state index in [4.69, 9.17) is 0 Å². The van der Waals surface area contributed by atoms with Crippen LogP contribution in [0.5, 0.6) is 0 Å². The number of halogens is 4. The van der Waals surface area contributed by atoms with Gasteiger partial charge in [0, 0.05) is 5.56 Å². The fraction of sp³-hybridized carbons (Fsp3) is 0.0909. The van der Waals surface area contributed by atoms with Crippen molar-refractivity contribution >= 4 is 0 Å². The van der Waals surface area contributed by atoms with Gasteiger partial charge < -0.3 is 0 Å². The molecule has 4 heteroatoms. The predicted octanol–water partition coefficient (Wildman–Crippen LogP) is 5.87. The summed E-state index contributed by atoms with van der Waals surface area (Å²) in [6, 6.07) is 12.9. The average molecular weight is 354 g/mol. The third-order valence-corrected chi connectivity index (χ3v) is 3.99. The molecule has 0 aromatic heterocycles. The van der Waals surface area contributed by atoms with Gasteiger partial charge in [-0.2, -0.15) is 0 Å². The van der Waals surface area contributed by atoms with Crippen LogP contribution in [0.15, 0.2) is 54.6 Å². The summed E-state index contributed by atoms with van der Waals surface area (Å²) in [6.45, 7) is 2.02. The highest BCUT2D eigenvalue weighted by molar-refractivity contribution is 5.65. The van der Waals surface area contributed by atoms with Crippen LogP contribution in [0, 0.1) is 35.1 Å². The van der Waals surface area contributed by atoms with Gasteiger partial charge in [0.1, 0.15) is 11.6 Å². The molecule has 3 rings (SSSR count). The Bertz CT molecular complexity index is 986. The van der Waals surface area contributed by atoms with Gasteiger partial charge in [-0.15, -0.1) is 0 Å². The maximum Gasteiger partial charge on any atom is 0.160 e. The molecule has 0 saturated heterocycles. The minimum absolute atomic E-state index is 0.127. The van der Waals surface area contributed by atoms with Gasteiger partial charge >= 0.3 is 0 Å². The van der Waals surface area contributed by atoms with Crippen LogP contribution in [0.25, 0.3) is 11.1 Å². The third kappa shape index (κ3) is 3.78. The predicted molar refractivity (Wildman–Crippen MR) is 93.5 cm³/mol. The van der Waals surface area contributed by atoms with E-state index >= 15 is 0 Å². The molecule has 3 aromatic rings. The van der Waals surface area contributed by atoms with Gasteiger partial charge in [0.25, 0.3) is 0 Å². The van der Waals surface area contributed by atoms with Gasteiger partial charge in [-0.3, -0.25) is 0 Å². The summed E-state index contributed by atoms with van der Waals surface area (Å²) in [6.07, 6.45) is 0.876. The second kappa shape index (κ2) is 7.45. The maximum absolute atomic E-state index is 14.3. The molecule has 0 atom stereocenters. The fourth-order valence-corrected chi connectivity index (χ4v) is 2.50. The smallest absolute Gasteiger partial charge is 0.160 e. The van der Waals surface area contributed by atoms with Crippen molar-refractivity contribution in [1.82, 2.24) is 0 Å². The number of rotatable bonds is 2. The Balaban J connectivity index is 1.95. The maximum atomic E-state index is 14.3. The summed E-state index contributed by atoms with van der Waals surface area (Å²) in [5.41, 5.74) is 1.94. The molecule has 26 heavy (non-hydrogen) atoms. The van der Waals surface area contributed by atoms with E-state index in [-0.39, 0.29) is 5.56 Å². The zero-order valence-corrected chi connectivity index (χ0v) is 13.9. The summed E-state index contributed by atoms with van der Waals surface area (Å²) in [5.74, 6) is 1.11. The molecule has 0 aliphatic rings. The summed E-state index contributed by atoms with van der Waals surface area (Å²) < 4.78 is 54.7. The van der Waals surface area contributed by atoms with Gasteiger partial charge in [-0.25, -0.2) is 17.6 Å². The largest absolute Gasteiger partial charge is 0.205 e. The van der Waals surface area contributed by atoms with Crippen molar-refractivity contribution in [2.75, 3.05) is 0 Å². The average Bonchev–Trinajstić information content (AvgIpc) is 2.64. The lowest BCUT2D eigenvalue weighted by Crippen LogP contribution is -1.93. The van der Waals surface area contributed by atoms with Crippen LogP contribution in [0.2, 0.25) is 0 Å². The molecule has 0 aliphatic heterocycles. The van der Waals surface area contributed by atoms with E-state index in [2.05, 4.69) is 11.8 Å². The van der Waals surface area contributed by atoms with E-state index in [1.54, 1.807) is 12.1 Å². The molecule has 0 aliphatic carbocycles. The monoisotopic (exact) mass is 354 g/mol. The minimum atomic E-state index is -1.07. The molecule has 0 saturated carbocycles. The standard InChI is InChI=1S/C22H14F4/c1-2-14-3-7-16(8-4-14)17-12-20(24)18(21(25)13-17)9-5-15-6-10-19(23)22(26)11-15/h3-4,6-8,10-13H,2H2,1H3. The Morgan fingerprint density at radius 3 is 1.88 bits per heavy atom. The Morgan fingerprint density at radius 1 is 0.654 bits per heavy atom. The quantitative estimate of drug-likeness (QED) is 0.399. The highest BCUT2D eigenvalue weighted by atomic mass is 19.2. The molecule has 0 bridgehead atoms. The van der Waals surface area contributed by atoms with E-state index < -0.39 is 28.8 Å². The van der Waals surface area contributed by atoms with Crippen LogP contribution >= 0.6 is 0 Å². The summed E-state index contributed by atoms with van der Waals surface area (Å²) in [4.78, 5) is 0. The zero-order valence-electron chi connectivity index (χ0n) is 13.9. The normalized spacial score (nSPS) is 10.3. The molecule has 130 valence electrons. The third-order valence-electron chi connectivity index (χ3n) is 3.99. The highest BCUT2D eigenvalue weighted by Gasteiger charge is 2.11. The minimum Gasteiger partial charge on any atom is -0.205 e. The van der Waals surface area contributed by atoms with Crippen LogP contribution in [0.1, 0.15) is 23.6 Å². The zero-order chi connectivity index (χ0) is 18.7. The van der Waals surface area contributed by atoms with Crippen molar-refractivity contribution in [2.24, 2.45) is 0 Å². The molecule has 0 N–H and O–H groups in total. The first-order valence-electron chi connectivity index (χ1n) is 8.03. The molecule has 0 nitrogen and oxygen atoms in total. The molecule has 0 radical (unpaired) electrons. The number of hydrogen-bond donors (Lipinski definition) is 0. The second-order valence-corrected chi connectivity index (χ2v) is 5.74. The number of aryl methyl sites for hydroxylation is 1. The molecule has 0 amide bonds. The Labute approximate surface area is 149 Å². The van der Waals surface area contributed by atoms with Crippen molar-refractivity contribution in [3.63, 3.8) is 0 Å². The Hall–Kier alpha value is -3.06. The Morgan fingerprint density at radius 2 is 1.31 bits per heavy atom. The molecular weight excluding hydrogens is 340 g/mol. The van der Waals surface area contributed by atoms with Gasteiger partial charge in [0.05, 0.1) is 5.56 Å². The van der Waals surface area contributed by atoms with E-state index in [0.717, 1.165) is 24.1 Å². The summed E-state index contributed by atoms with van der Waals surface area (Å²) in [5, 5.41) is 0. The van der Waals surface area contributed by atoms with Gasteiger partial charge in [-0.1, -0.05) is 43.0 Å². The topological polar surface area (TPSA) is 0 Å². The van der Waals surface area contributed by atoms with Crippen molar-refractivity contribution in [3.05, 3.63) is 94.6 Å². The van der Waals surface area contributed by atoms with E-state index in [0.29, 0.717) is 11.1 Å². The SMILES string of the molecule is CCc1ccc(-c2cc(F)c(C#Cc3ccc(F)c(F)c3)c(F)c2)cc1. The number of hydrogen-bond acceptors (Lipinski definition) is 0. The van der Waals surface area contributed by atoms with E-state index in [1.807, 2.05) is 19.1 Å². The van der Waals surface area contributed by atoms with Crippen molar-refractivity contribution in [2.45, 2.75) is 13.3 Å². The Kier molecular flexibility index (Phi) is 5.09. The van der Waals surface area contributed by atoms with Crippen molar-refractivity contribution < 1.29 is 17.6 Å². The van der Waals surface area contributed by atoms with Crippen LogP contribution in [-0.4, -0.2) is 0 Å². The molecule has 0 spiro atoms. The van der Waals surface area contributed by atoms with Crippen molar-refractivity contribution in [3.8, 4) is 23.0 Å². The van der Waals surface area contributed by atoms with Crippen LogP contribution < -0.4 is 0 Å². The fourth-order valence-electron chi connectivity index (χ4n) is 2.50. The first-order chi connectivity index (χ1) is 12.5. The van der Waals surface area contributed by atoms with E-state index in [9.17, 15) is 17.6 Å². The summed E-state index contributed by atoms with van der Waals surface area (Å²) in [7, 11) is 0. The molecule has 0 fully saturated rings. The van der Waals surface area contributed by atoms with Crippen LogP contribution in [0.3, 0.4) is 0 Å². The molecule has 0 unspecified atom stereocenters. The molecule has 0 heterocycles. The lowest BCUT2D eigenvalue weighted by Gasteiger charge is -2.06. The van der Waals surface area contributed by atoms with Crippen LogP contribution in [0.4, 0.5) is 17.6 Å². The summed E-state index contributed by atoms with van der Waals surface area (Å²) >= 11 is 0. The molecular formula is C22H14F4. The van der Waals surface area contributed by atoms with Gasteiger partial charge in [0.2, 0.25) is 0 Å². The first kappa shape index (κ1) is 17.8. The first-order valence-corrected chi connectivity index (χ1v) is 8.03. The lowest BCUT2D eigenvalue weighted by molar-refractivity contribution is 0.508. The number of benzene rings is 3. The second-order valence-electron chi connectivity index (χ2n) is 5.74. The van der Waals surface area contributed by atoms with Gasteiger partial charge in [0.15, 0.2) is 11.6 Å². The molecule has 3 aromatic carbocycles. The lowest BCUT2D eigenvalue weighted by atomic mass is 10.0. The van der Waals surface area contributed by atoms with E-state index in [1.165, 1.54) is 18.2 Å².